The highest BCUT2D eigenvalue weighted by Crippen LogP contribution is 1.99. The molecule has 0 heterocycles. The molecule has 5 heteroatoms. The summed E-state index contributed by atoms with van der Waals surface area (Å²) in [5.74, 6) is -0.282. The van der Waals surface area contributed by atoms with Crippen molar-refractivity contribution in [1.82, 2.24) is 4.90 Å². The van der Waals surface area contributed by atoms with Crippen LogP contribution in [0.15, 0.2) is 5.16 Å². The van der Waals surface area contributed by atoms with Gasteiger partial charge in [0.05, 0.1) is 0 Å². The summed E-state index contributed by atoms with van der Waals surface area (Å²) < 4.78 is 0. The maximum absolute atomic E-state index is 10.9. The van der Waals surface area contributed by atoms with E-state index in [0.29, 0.717) is 0 Å². The fourth-order valence-electron chi connectivity index (χ4n) is 0.362. The molecule has 0 radical (unpaired) electrons. The predicted octanol–water partition coefficient (Wildman–Crippen LogP) is 0.225. The minimum atomic E-state index is -0.282. The fraction of sp³-hybridized carbons (Fsp3) is 0.600. The van der Waals surface area contributed by atoms with Gasteiger partial charge in [-0.15, -0.1) is 11.8 Å². The van der Waals surface area contributed by atoms with Gasteiger partial charge in [0.25, 0.3) is 5.91 Å². The van der Waals surface area contributed by atoms with Crippen LogP contribution in [0.1, 0.15) is 0 Å². The van der Waals surface area contributed by atoms with Crippen LogP contribution >= 0.6 is 11.8 Å². The van der Waals surface area contributed by atoms with Gasteiger partial charge in [-0.2, -0.15) is 0 Å². The lowest BCUT2D eigenvalue weighted by molar-refractivity contribution is -0.121. The van der Waals surface area contributed by atoms with Crippen molar-refractivity contribution in [3.63, 3.8) is 0 Å². The van der Waals surface area contributed by atoms with Crippen LogP contribution in [-0.4, -0.2) is 41.4 Å². The zero-order chi connectivity index (χ0) is 8.15. The molecule has 1 N–H and O–H groups in total. The summed E-state index contributed by atoms with van der Waals surface area (Å²) in [7, 11) is 3.20. The second kappa shape index (κ2) is 4.16. The highest BCUT2D eigenvalue weighted by molar-refractivity contribution is 8.15. The minimum absolute atomic E-state index is 0.102. The van der Waals surface area contributed by atoms with Crippen LogP contribution in [0.4, 0.5) is 0 Å². The predicted molar refractivity (Wildman–Crippen MR) is 41.4 cm³/mol. The van der Waals surface area contributed by atoms with E-state index in [2.05, 4.69) is 5.16 Å². The summed E-state index contributed by atoms with van der Waals surface area (Å²) in [5, 5.41) is 11.2. The topological polar surface area (TPSA) is 52.9 Å². The summed E-state index contributed by atoms with van der Waals surface area (Å²) >= 11 is 1.12. The van der Waals surface area contributed by atoms with Gasteiger partial charge in [-0.25, -0.2) is 0 Å². The zero-order valence-corrected chi connectivity index (χ0v) is 6.97. The molecule has 0 atom stereocenters. The largest absolute Gasteiger partial charge is 0.410 e. The van der Waals surface area contributed by atoms with E-state index in [0.717, 1.165) is 11.8 Å². The molecule has 0 aromatic rings. The number of nitrogens with zero attached hydrogens (tertiary/aromatic N) is 2. The van der Waals surface area contributed by atoms with E-state index in [1.807, 2.05) is 0 Å². The molecule has 0 saturated heterocycles. The van der Waals surface area contributed by atoms with Gasteiger partial charge in [0, 0.05) is 14.1 Å². The van der Waals surface area contributed by atoms with Gasteiger partial charge in [-0.05, 0) is 6.26 Å². The van der Waals surface area contributed by atoms with Crippen molar-refractivity contribution >= 4 is 22.7 Å². The molecule has 10 heavy (non-hydrogen) atoms. The Hall–Kier alpha value is -0.710. The molecule has 4 nitrogen and oxygen atoms in total. The van der Waals surface area contributed by atoms with E-state index in [4.69, 9.17) is 5.21 Å². The van der Waals surface area contributed by atoms with Crippen molar-refractivity contribution in [2.45, 2.75) is 0 Å². The van der Waals surface area contributed by atoms with Crippen molar-refractivity contribution in [2.75, 3.05) is 20.4 Å². The Balaban J connectivity index is 4.18. The number of amides is 1. The van der Waals surface area contributed by atoms with Gasteiger partial charge in [0.2, 0.25) is 0 Å². The maximum atomic E-state index is 10.9. The first-order valence-corrected chi connectivity index (χ1v) is 3.83. The molecule has 0 spiro atoms. The quantitative estimate of drug-likeness (QED) is 0.240. The van der Waals surface area contributed by atoms with Crippen LogP contribution in [0.2, 0.25) is 0 Å². The van der Waals surface area contributed by atoms with E-state index >= 15 is 0 Å². The molecule has 0 bridgehead atoms. The molecule has 0 unspecified atom stereocenters. The summed E-state index contributed by atoms with van der Waals surface area (Å²) in [5.41, 5.74) is 0. The third-order valence-electron chi connectivity index (χ3n) is 0.873. The number of thioether (sulfide) groups is 1. The molecular formula is C5H10N2O2S. The van der Waals surface area contributed by atoms with Crippen molar-refractivity contribution in [1.29, 1.82) is 0 Å². The average molecular weight is 162 g/mol. The molecule has 0 aromatic heterocycles. The Morgan fingerprint density at radius 3 is 2.20 bits per heavy atom. The number of oxime groups is 1. The Labute approximate surface area is 63.9 Å². The van der Waals surface area contributed by atoms with Crippen molar-refractivity contribution in [3.05, 3.63) is 0 Å². The van der Waals surface area contributed by atoms with Crippen LogP contribution in [0.3, 0.4) is 0 Å². The van der Waals surface area contributed by atoms with Gasteiger partial charge < -0.3 is 10.1 Å². The van der Waals surface area contributed by atoms with E-state index in [-0.39, 0.29) is 11.0 Å². The summed E-state index contributed by atoms with van der Waals surface area (Å²) in [6, 6.07) is 0. The van der Waals surface area contributed by atoms with Crippen molar-refractivity contribution in [3.8, 4) is 0 Å². The van der Waals surface area contributed by atoms with Gasteiger partial charge in [-0.3, -0.25) is 4.79 Å². The third-order valence-corrected chi connectivity index (χ3v) is 1.52. The SMILES string of the molecule is CS/C(=N\O)C(=O)N(C)C. The molecule has 0 aliphatic heterocycles. The lowest BCUT2D eigenvalue weighted by atomic mass is 10.6. The Morgan fingerprint density at radius 1 is 1.60 bits per heavy atom. The molecule has 0 rings (SSSR count). The van der Waals surface area contributed by atoms with E-state index in [1.54, 1.807) is 20.4 Å². The first-order valence-electron chi connectivity index (χ1n) is 2.61. The summed E-state index contributed by atoms with van der Waals surface area (Å²) in [6.07, 6.45) is 1.68. The smallest absolute Gasteiger partial charge is 0.282 e. The highest BCUT2D eigenvalue weighted by Gasteiger charge is 2.11. The fourth-order valence-corrected chi connectivity index (χ4v) is 0.801. The molecule has 0 saturated carbocycles. The lowest BCUT2D eigenvalue weighted by Crippen LogP contribution is -2.27. The first kappa shape index (κ1) is 9.29. The Morgan fingerprint density at radius 2 is 2.10 bits per heavy atom. The normalized spacial score (nSPS) is 11.3. The summed E-state index contributed by atoms with van der Waals surface area (Å²) in [6.45, 7) is 0. The average Bonchev–Trinajstić information content (AvgIpc) is 1.90. The zero-order valence-electron chi connectivity index (χ0n) is 6.16. The van der Waals surface area contributed by atoms with Gasteiger partial charge >= 0.3 is 0 Å². The molecular weight excluding hydrogens is 152 g/mol. The maximum Gasteiger partial charge on any atom is 0.282 e. The van der Waals surface area contributed by atoms with Gasteiger partial charge in [0.1, 0.15) is 0 Å². The summed E-state index contributed by atoms with van der Waals surface area (Å²) in [4.78, 5) is 12.3. The molecule has 0 aromatic carbocycles. The standard InChI is InChI=1S/C5H10N2O2S/c1-7(2)5(8)4(6-9)10-3/h9H,1-3H3/b6-4-. The van der Waals surface area contributed by atoms with Crippen LogP contribution in [0, 0.1) is 0 Å². The van der Waals surface area contributed by atoms with E-state index in [9.17, 15) is 4.79 Å². The number of carbonyl (C=O) groups excluding carboxylic acids is 1. The van der Waals surface area contributed by atoms with Gasteiger partial charge in [-0.1, -0.05) is 5.16 Å². The second-order valence-electron chi connectivity index (χ2n) is 1.81. The first-order chi connectivity index (χ1) is 4.63. The number of rotatable bonds is 0. The van der Waals surface area contributed by atoms with E-state index < -0.39 is 0 Å². The van der Waals surface area contributed by atoms with E-state index in [1.165, 1.54) is 4.90 Å². The van der Waals surface area contributed by atoms with Crippen LogP contribution in [0.25, 0.3) is 0 Å². The second-order valence-corrected chi connectivity index (χ2v) is 2.60. The molecule has 0 aliphatic rings. The lowest BCUT2D eigenvalue weighted by Gasteiger charge is -2.08. The molecule has 0 aliphatic carbocycles. The number of hydrogen-bond acceptors (Lipinski definition) is 4. The van der Waals surface area contributed by atoms with Crippen LogP contribution < -0.4 is 0 Å². The molecule has 0 fully saturated rings. The van der Waals surface area contributed by atoms with Gasteiger partial charge in [0.15, 0.2) is 5.04 Å². The number of carbonyl (C=O) groups is 1. The molecule has 58 valence electrons. The molecule has 1 amide bonds. The Kier molecular flexibility index (Phi) is 3.87. The van der Waals surface area contributed by atoms with Crippen LogP contribution in [0.5, 0.6) is 0 Å². The monoisotopic (exact) mass is 162 g/mol. The minimum Gasteiger partial charge on any atom is -0.410 e. The van der Waals surface area contributed by atoms with Crippen molar-refractivity contribution < 1.29 is 10.0 Å². The third kappa shape index (κ3) is 2.26. The highest BCUT2D eigenvalue weighted by atomic mass is 32.2. The van der Waals surface area contributed by atoms with Crippen molar-refractivity contribution in [2.24, 2.45) is 5.16 Å². The Bertz CT molecular complexity index is 156. The number of hydrogen-bond donors (Lipinski definition) is 1. The van der Waals surface area contributed by atoms with Crippen LogP contribution in [-0.2, 0) is 4.79 Å².